The molecular formula is C20H25N3O5S. The molecule has 0 fully saturated rings. The van der Waals surface area contributed by atoms with Crippen molar-refractivity contribution in [3.8, 4) is 5.75 Å². The molecule has 1 unspecified atom stereocenters. The van der Waals surface area contributed by atoms with E-state index in [0.717, 1.165) is 6.42 Å². The van der Waals surface area contributed by atoms with Crippen LogP contribution in [0.25, 0.3) is 0 Å². The van der Waals surface area contributed by atoms with Crippen LogP contribution in [-0.2, 0) is 14.8 Å². The molecule has 8 nitrogen and oxygen atoms in total. The maximum Gasteiger partial charge on any atom is 0.265 e. The fourth-order valence-electron chi connectivity index (χ4n) is 2.54. The van der Waals surface area contributed by atoms with Crippen LogP contribution in [0.4, 0.5) is 11.4 Å². The van der Waals surface area contributed by atoms with Gasteiger partial charge in [-0.1, -0.05) is 19.1 Å². The zero-order valence-electron chi connectivity index (χ0n) is 16.8. The lowest BCUT2D eigenvalue weighted by Gasteiger charge is -2.17. The molecule has 2 amide bonds. The second kappa shape index (κ2) is 9.42. The van der Waals surface area contributed by atoms with Gasteiger partial charge in [-0.15, -0.1) is 0 Å². The van der Waals surface area contributed by atoms with Crippen LogP contribution in [-0.4, -0.2) is 33.4 Å². The Morgan fingerprint density at radius 2 is 1.83 bits per heavy atom. The van der Waals surface area contributed by atoms with Gasteiger partial charge < -0.3 is 15.4 Å². The van der Waals surface area contributed by atoms with E-state index in [9.17, 15) is 18.0 Å². The van der Waals surface area contributed by atoms with Gasteiger partial charge in [-0.3, -0.25) is 14.3 Å². The average Bonchev–Trinajstić information content (AvgIpc) is 2.67. The first kappa shape index (κ1) is 22.2. The zero-order chi connectivity index (χ0) is 21.6. The number of carbonyl (C=O) groups is 2. The van der Waals surface area contributed by atoms with Gasteiger partial charge in [0, 0.05) is 18.7 Å². The molecule has 1 atom stereocenters. The van der Waals surface area contributed by atoms with Crippen molar-refractivity contribution in [3.05, 3.63) is 48.0 Å². The average molecular weight is 420 g/mol. The molecule has 2 aromatic carbocycles. The Morgan fingerprint density at radius 1 is 1.14 bits per heavy atom. The zero-order valence-corrected chi connectivity index (χ0v) is 17.6. The maximum atomic E-state index is 13.0. The van der Waals surface area contributed by atoms with E-state index < -0.39 is 10.0 Å². The number of hydrogen-bond donors (Lipinski definition) is 3. The van der Waals surface area contributed by atoms with Crippen LogP contribution >= 0.6 is 0 Å². The number of benzene rings is 2. The monoisotopic (exact) mass is 419 g/mol. The summed E-state index contributed by atoms with van der Waals surface area (Å²) in [5.41, 5.74) is 0.648. The fourth-order valence-corrected chi connectivity index (χ4v) is 3.82. The molecule has 0 radical (unpaired) electrons. The number of amides is 2. The summed E-state index contributed by atoms with van der Waals surface area (Å²) in [5, 5.41) is 5.36. The molecule has 2 aromatic rings. The van der Waals surface area contributed by atoms with Gasteiger partial charge in [0.2, 0.25) is 5.91 Å². The first-order valence-electron chi connectivity index (χ1n) is 9.06. The number of para-hydroxylation sites is 1. The summed E-state index contributed by atoms with van der Waals surface area (Å²) in [5.74, 6) is -0.608. The molecule has 0 bridgehead atoms. The van der Waals surface area contributed by atoms with E-state index in [1.54, 1.807) is 18.2 Å². The van der Waals surface area contributed by atoms with Gasteiger partial charge in [-0.25, -0.2) is 8.42 Å². The highest BCUT2D eigenvalue weighted by Crippen LogP contribution is 2.29. The van der Waals surface area contributed by atoms with Gasteiger partial charge in [-0.05, 0) is 43.7 Å². The van der Waals surface area contributed by atoms with Gasteiger partial charge in [0.15, 0.2) is 0 Å². The van der Waals surface area contributed by atoms with Crippen molar-refractivity contribution in [2.75, 3.05) is 17.1 Å². The minimum Gasteiger partial charge on any atom is -0.495 e. The molecule has 0 aromatic heterocycles. The van der Waals surface area contributed by atoms with Gasteiger partial charge in [-0.2, -0.15) is 0 Å². The minimum atomic E-state index is -4.11. The lowest BCUT2D eigenvalue weighted by molar-refractivity contribution is -0.114. The topological polar surface area (TPSA) is 114 Å². The molecular weight excluding hydrogens is 394 g/mol. The van der Waals surface area contributed by atoms with Crippen molar-refractivity contribution < 1.29 is 22.7 Å². The van der Waals surface area contributed by atoms with E-state index in [1.807, 2.05) is 13.8 Å². The Morgan fingerprint density at radius 3 is 2.45 bits per heavy atom. The molecule has 29 heavy (non-hydrogen) atoms. The predicted octanol–water partition coefficient (Wildman–Crippen LogP) is 2.98. The standard InChI is InChI=1S/C20H25N3O5S/c1-5-13(2)21-20(25)16-8-6-7-9-17(16)23-29(26,27)19-12-15(22-14(3)24)10-11-18(19)28-4/h6-13,23H,5H2,1-4H3,(H,21,25)(H,22,24). The number of methoxy groups -OCH3 is 1. The van der Waals surface area contributed by atoms with Gasteiger partial charge in [0.25, 0.3) is 15.9 Å². The van der Waals surface area contributed by atoms with Gasteiger partial charge in [0.05, 0.1) is 18.4 Å². The van der Waals surface area contributed by atoms with Crippen LogP contribution in [0.15, 0.2) is 47.4 Å². The molecule has 2 rings (SSSR count). The third kappa shape index (κ3) is 5.71. The maximum absolute atomic E-state index is 13.0. The van der Waals surface area contributed by atoms with Gasteiger partial charge >= 0.3 is 0 Å². The van der Waals surface area contributed by atoms with E-state index >= 15 is 0 Å². The molecule has 156 valence electrons. The lowest BCUT2D eigenvalue weighted by Crippen LogP contribution is -2.32. The largest absolute Gasteiger partial charge is 0.495 e. The summed E-state index contributed by atoms with van der Waals surface area (Å²) >= 11 is 0. The molecule has 3 N–H and O–H groups in total. The first-order chi connectivity index (χ1) is 13.7. The molecule has 0 aliphatic carbocycles. The Labute approximate surface area is 170 Å². The summed E-state index contributed by atoms with van der Waals surface area (Å²) in [4.78, 5) is 23.7. The van der Waals surface area contributed by atoms with Crippen LogP contribution in [0.5, 0.6) is 5.75 Å². The Hall–Kier alpha value is -3.07. The van der Waals surface area contributed by atoms with E-state index in [-0.39, 0.29) is 39.8 Å². The number of rotatable bonds is 8. The van der Waals surface area contributed by atoms with Crippen LogP contribution < -0.4 is 20.1 Å². The highest BCUT2D eigenvalue weighted by atomic mass is 32.2. The third-order valence-corrected chi connectivity index (χ3v) is 5.57. The van der Waals surface area contributed by atoms with Crippen molar-refractivity contribution in [2.45, 2.75) is 38.1 Å². The SMILES string of the molecule is CCC(C)NC(=O)c1ccccc1NS(=O)(=O)c1cc(NC(C)=O)ccc1OC. The van der Waals surface area contributed by atoms with Crippen LogP contribution in [0, 0.1) is 0 Å². The minimum absolute atomic E-state index is 0.0541. The van der Waals surface area contributed by atoms with Crippen molar-refractivity contribution >= 4 is 33.2 Å². The lowest BCUT2D eigenvalue weighted by atomic mass is 10.1. The normalized spacial score (nSPS) is 12.0. The van der Waals surface area contributed by atoms with E-state index in [4.69, 9.17) is 4.74 Å². The molecule has 0 heterocycles. The van der Waals surface area contributed by atoms with E-state index in [1.165, 1.54) is 38.3 Å². The summed E-state index contributed by atoms with van der Waals surface area (Å²) in [6.45, 7) is 5.12. The van der Waals surface area contributed by atoms with Crippen LogP contribution in [0.2, 0.25) is 0 Å². The Bertz CT molecular complexity index is 1000. The highest BCUT2D eigenvalue weighted by Gasteiger charge is 2.23. The van der Waals surface area contributed by atoms with Crippen molar-refractivity contribution in [2.24, 2.45) is 0 Å². The molecule has 0 aliphatic heterocycles. The van der Waals surface area contributed by atoms with Crippen LogP contribution in [0.3, 0.4) is 0 Å². The summed E-state index contributed by atoms with van der Waals surface area (Å²) < 4.78 is 33.7. The number of carbonyl (C=O) groups excluding carboxylic acids is 2. The highest BCUT2D eigenvalue weighted by molar-refractivity contribution is 7.92. The van der Waals surface area contributed by atoms with Crippen LogP contribution in [0.1, 0.15) is 37.6 Å². The summed E-state index contributed by atoms with van der Waals surface area (Å²) in [6, 6.07) is 10.6. The second-order valence-electron chi connectivity index (χ2n) is 6.48. The quantitative estimate of drug-likeness (QED) is 0.609. The Balaban J connectivity index is 2.42. The van der Waals surface area contributed by atoms with E-state index in [0.29, 0.717) is 5.69 Å². The summed E-state index contributed by atoms with van der Waals surface area (Å²) in [7, 11) is -2.76. The van der Waals surface area contributed by atoms with Gasteiger partial charge in [0.1, 0.15) is 10.6 Å². The van der Waals surface area contributed by atoms with Crippen molar-refractivity contribution in [1.29, 1.82) is 0 Å². The number of ether oxygens (including phenoxy) is 1. The molecule has 9 heteroatoms. The fraction of sp³-hybridized carbons (Fsp3) is 0.300. The number of anilines is 2. The number of hydrogen-bond acceptors (Lipinski definition) is 5. The smallest absolute Gasteiger partial charge is 0.265 e. The number of sulfonamides is 1. The number of nitrogens with one attached hydrogen (secondary N) is 3. The molecule has 0 saturated carbocycles. The Kier molecular flexibility index (Phi) is 7.22. The third-order valence-electron chi connectivity index (χ3n) is 4.18. The second-order valence-corrected chi connectivity index (χ2v) is 8.13. The molecule has 0 aliphatic rings. The van der Waals surface area contributed by atoms with E-state index in [2.05, 4.69) is 15.4 Å². The first-order valence-corrected chi connectivity index (χ1v) is 10.5. The summed E-state index contributed by atoms with van der Waals surface area (Å²) in [6.07, 6.45) is 0.743. The predicted molar refractivity (Wildman–Crippen MR) is 112 cm³/mol. The molecule has 0 saturated heterocycles. The van der Waals surface area contributed by atoms with Crippen molar-refractivity contribution in [3.63, 3.8) is 0 Å². The molecule has 0 spiro atoms. The van der Waals surface area contributed by atoms with Crippen molar-refractivity contribution in [1.82, 2.24) is 5.32 Å².